The molecule has 9 heteroatoms. The van der Waals surface area contributed by atoms with E-state index in [0.717, 1.165) is 0 Å². The van der Waals surface area contributed by atoms with Gasteiger partial charge in [0.25, 0.3) is 0 Å². The van der Waals surface area contributed by atoms with Crippen LogP contribution in [0.4, 0.5) is 0 Å². The number of likely N-dealkylation sites (N-methyl/N-ethyl adjacent to an activating group) is 1. The molecular formula is C9H13Cl3NO3PS. The van der Waals surface area contributed by atoms with E-state index >= 15 is 0 Å². The van der Waals surface area contributed by atoms with Crippen molar-refractivity contribution >= 4 is 53.3 Å². The predicted molar refractivity (Wildman–Crippen MR) is 77.9 cm³/mol. The van der Waals surface area contributed by atoms with Crippen molar-refractivity contribution in [3.05, 3.63) is 21.5 Å². The van der Waals surface area contributed by atoms with Gasteiger partial charge in [-0.1, -0.05) is 41.7 Å². The lowest BCUT2D eigenvalue weighted by molar-refractivity contribution is 0.193. The first-order valence-corrected chi connectivity index (χ1v) is 8.99. The molecule has 104 valence electrons. The largest absolute Gasteiger partial charge is 0.406 e. The van der Waals surface area contributed by atoms with E-state index in [1.54, 1.807) is 0 Å². The highest BCUT2D eigenvalue weighted by Gasteiger charge is 2.34. The van der Waals surface area contributed by atoms with Crippen molar-refractivity contribution in [3.63, 3.8) is 0 Å². The standard InChI is InChI=1S/C9H13Cl3NO3PS/c1-3-5-6(10)8(12)13(4-2)9(7(5)11)16-17(14,15)18/h8H,3-4H2,1-2H3,(H2,14,15,18). The van der Waals surface area contributed by atoms with E-state index < -0.39 is 12.2 Å². The minimum atomic E-state index is -3.88. The molecule has 0 saturated heterocycles. The summed E-state index contributed by atoms with van der Waals surface area (Å²) in [7, 11) is 0. The van der Waals surface area contributed by atoms with Crippen LogP contribution in [0, 0.1) is 0 Å². The molecular weight excluding hydrogens is 340 g/mol. The maximum absolute atomic E-state index is 9.26. The van der Waals surface area contributed by atoms with Crippen molar-refractivity contribution in [3.8, 4) is 0 Å². The van der Waals surface area contributed by atoms with Crippen LogP contribution in [0.3, 0.4) is 0 Å². The van der Waals surface area contributed by atoms with Crippen LogP contribution in [-0.2, 0) is 16.3 Å². The molecule has 0 spiro atoms. The number of alkyl halides is 1. The Morgan fingerprint density at radius 3 is 2.33 bits per heavy atom. The topological polar surface area (TPSA) is 52.9 Å². The minimum absolute atomic E-state index is 0.0637. The highest BCUT2D eigenvalue weighted by Crippen LogP contribution is 2.47. The van der Waals surface area contributed by atoms with E-state index in [2.05, 4.69) is 11.8 Å². The van der Waals surface area contributed by atoms with Gasteiger partial charge in [0.1, 0.15) is 10.5 Å². The number of allylic oxidation sites excluding steroid dienone is 2. The van der Waals surface area contributed by atoms with Gasteiger partial charge in [-0.3, -0.25) is 0 Å². The fraction of sp³-hybridized carbons (Fsp3) is 0.556. The van der Waals surface area contributed by atoms with E-state index in [-0.39, 0.29) is 10.9 Å². The van der Waals surface area contributed by atoms with Crippen molar-refractivity contribution in [2.45, 2.75) is 25.8 Å². The van der Waals surface area contributed by atoms with Gasteiger partial charge in [0.2, 0.25) is 5.88 Å². The second-order valence-corrected chi connectivity index (χ2v) is 7.29. The van der Waals surface area contributed by atoms with E-state index in [0.29, 0.717) is 23.6 Å². The SMILES string of the molecule is CCC1=C(Cl)C(Cl)N(CC)C(OP(O)(O)=S)=C1Cl. The lowest BCUT2D eigenvalue weighted by Gasteiger charge is -2.35. The van der Waals surface area contributed by atoms with Gasteiger partial charge in [-0.15, -0.1) is 0 Å². The zero-order valence-corrected chi connectivity index (χ0v) is 13.7. The summed E-state index contributed by atoms with van der Waals surface area (Å²) in [6.07, 6.45) is 0.547. The average molecular weight is 353 g/mol. The molecule has 1 aliphatic heterocycles. The summed E-state index contributed by atoms with van der Waals surface area (Å²) in [5.41, 5.74) is -0.0489. The fourth-order valence-electron chi connectivity index (χ4n) is 1.58. The van der Waals surface area contributed by atoms with Gasteiger partial charge in [0.15, 0.2) is 0 Å². The maximum atomic E-state index is 9.26. The Bertz CT molecular complexity index is 448. The van der Waals surface area contributed by atoms with Crippen LogP contribution in [0.15, 0.2) is 21.5 Å². The maximum Gasteiger partial charge on any atom is 0.376 e. The molecule has 0 fully saturated rings. The molecule has 1 atom stereocenters. The Labute approximate surface area is 126 Å². The van der Waals surface area contributed by atoms with E-state index in [9.17, 15) is 9.79 Å². The van der Waals surface area contributed by atoms with Crippen LogP contribution in [0.25, 0.3) is 0 Å². The van der Waals surface area contributed by atoms with E-state index in [1.807, 2.05) is 13.8 Å². The molecule has 4 nitrogen and oxygen atoms in total. The van der Waals surface area contributed by atoms with Crippen molar-refractivity contribution in [2.75, 3.05) is 6.54 Å². The normalized spacial score (nSPS) is 21.7. The molecule has 1 heterocycles. The first-order chi connectivity index (χ1) is 8.22. The molecule has 0 aliphatic carbocycles. The minimum Gasteiger partial charge on any atom is -0.406 e. The summed E-state index contributed by atoms with van der Waals surface area (Å²) in [5, 5.41) is 0.612. The van der Waals surface area contributed by atoms with Gasteiger partial charge in [-0.25, -0.2) is 0 Å². The second kappa shape index (κ2) is 6.31. The fourth-order valence-corrected chi connectivity index (χ4v) is 3.40. The summed E-state index contributed by atoms with van der Waals surface area (Å²) >= 11 is 22.9. The molecule has 18 heavy (non-hydrogen) atoms. The van der Waals surface area contributed by atoms with Gasteiger partial charge in [0, 0.05) is 18.4 Å². The smallest absolute Gasteiger partial charge is 0.376 e. The molecule has 0 aromatic carbocycles. The third kappa shape index (κ3) is 3.54. The van der Waals surface area contributed by atoms with Gasteiger partial charge in [-0.2, -0.15) is 0 Å². The predicted octanol–water partition coefficient (Wildman–Crippen LogP) is 3.42. The zero-order valence-electron chi connectivity index (χ0n) is 9.73. The van der Waals surface area contributed by atoms with Crippen LogP contribution in [0.2, 0.25) is 0 Å². The van der Waals surface area contributed by atoms with Gasteiger partial charge < -0.3 is 19.2 Å². The Hall–Kier alpha value is 0.520. The Balaban J connectivity index is 3.30. The van der Waals surface area contributed by atoms with E-state index in [4.69, 9.17) is 39.3 Å². The molecule has 0 aromatic heterocycles. The summed E-state index contributed by atoms with van der Waals surface area (Å²) in [6, 6.07) is 0. The number of nitrogens with zero attached hydrogens (tertiary/aromatic N) is 1. The summed E-state index contributed by atoms with van der Waals surface area (Å²) < 4.78 is 4.98. The highest BCUT2D eigenvalue weighted by molar-refractivity contribution is 8.06. The van der Waals surface area contributed by atoms with Gasteiger partial charge in [-0.05, 0) is 18.9 Å². The summed E-state index contributed by atoms with van der Waals surface area (Å²) in [4.78, 5) is 20.0. The summed E-state index contributed by atoms with van der Waals surface area (Å²) in [6.45, 7) is 0.218. The third-order valence-electron chi connectivity index (χ3n) is 2.38. The summed E-state index contributed by atoms with van der Waals surface area (Å²) in [5.74, 6) is 0.0637. The van der Waals surface area contributed by atoms with Crippen molar-refractivity contribution in [1.82, 2.24) is 4.90 Å². The van der Waals surface area contributed by atoms with Crippen LogP contribution in [0.1, 0.15) is 20.3 Å². The molecule has 1 unspecified atom stereocenters. The Morgan fingerprint density at radius 1 is 1.39 bits per heavy atom. The number of halogens is 3. The number of hydrogen-bond donors (Lipinski definition) is 2. The number of rotatable bonds is 4. The molecule has 0 radical (unpaired) electrons. The van der Waals surface area contributed by atoms with Crippen LogP contribution in [-0.4, -0.2) is 26.7 Å². The van der Waals surface area contributed by atoms with E-state index in [1.165, 1.54) is 4.90 Å². The third-order valence-corrected chi connectivity index (χ3v) is 4.41. The second-order valence-electron chi connectivity index (χ2n) is 3.50. The molecule has 0 saturated carbocycles. The molecule has 0 bridgehead atoms. The van der Waals surface area contributed by atoms with Crippen LogP contribution >= 0.6 is 41.5 Å². The number of hydrogen-bond acceptors (Lipinski definition) is 3. The zero-order chi connectivity index (χ0) is 14.1. The highest BCUT2D eigenvalue weighted by atomic mass is 35.5. The molecule has 0 amide bonds. The van der Waals surface area contributed by atoms with Gasteiger partial charge in [0.05, 0.1) is 5.03 Å². The van der Waals surface area contributed by atoms with Crippen molar-refractivity contribution in [1.29, 1.82) is 0 Å². The van der Waals surface area contributed by atoms with Crippen molar-refractivity contribution < 1.29 is 14.3 Å². The molecule has 1 rings (SSSR count). The molecule has 0 aromatic rings. The first kappa shape index (κ1) is 16.6. The lowest BCUT2D eigenvalue weighted by Crippen LogP contribution is -2.35. The molecule has 2 N–H and O–H groups in total. The quantitative estimate of drug-likeness (QED) is 0.461. The first-order valence-electron chi connectivity index (χ1n) is 5.17. The monoisotopic (exact) mass is 351 g/mol. The average Bonchev–Trinajstić information content (AvgIpc) is 2.25. The Morgan fingerprint density at radius 2 is 1.94 bits per heavy atom. The van der Waals surface area contributed by atoms with Crippen LogP contribution < -0.4 is 0 Å². The van der Waals surface area contributed by atoms with Crippen molar-refractivity contribution in [2.24, 2.45) is 0 Å². The van der Waals surface area contributed by atoms with Crippen LogP contribution in [0.5, 0.6) is 0 Å². The van der Waals surface area contributed by atoms with Gasteiger partial charge >= 0.3 is 6.72 Å². The molecule has 1 aliphatic rings. The lowest BCUT2D eigenvalue weighted by atomic mass is 10.1. The Kier molecular flexibility index (Phi) is 5.81.